The summed E-state index contributed by atoms with van der Waals surface area (Å²) < 4.78 is 6.44. The Balaban J connectivity index is 0.000000114. The molecule has 12 heteroatoms. The van der Waals surface area contributed by atoms with Gasteiger partial charge < -0.3 is 14.7 Å². The Morgan fingerprint density at radius 3 is 0.659 bits per heavy atom. The molecule has 0 radical (unpaired) electrons. The predicted octanol–water partition coefficient (Wildman–Crippen LogP) is 31.2. The number of anilines is 9. The van der Waals surface area contributed by atoms with Crippen molar-refractivity contribution in [1.29, 1.82) is 0 Å². The van der Waals surface area contributed by atoms with Crippen molar-refractivity contribution in [2.24, 2.45) is 0 Å². The molecule has 16 aromatic carbocycles. The highest BCUT2D eigenvalue weighted by atomic mass is 15.2. The van der Waals surface area contributed by atoms with Crippen molar-refractivity contribution in [3.8, 4) is 78.3 Å². The first-order valence-corrected chi connectivity index (χ1v) is 44.4. The zero-order chi connectivity index (χ0) is 87.6. The van der Waals surface area contributed by atoms with Crippen LogP contribution >= 0.6 is 0 Å². The molecule has 0 saturated carbocycles. The van der Waals surface area contributed by atoms with Crippen LogP contribution < -0.4 is 14.7 Å². The largest absolute Gasteiger partial charge is 0.311 e. The summed E-state index contributed by atoms with van der Waals surface area (Å²) >= 11 is 0. The molecule has 12 nitrogen and oxygen atoms in total. The highest BCUT2D eigenvalue weighted by molar-refractivity contribution is 6.12. The summed E-state index contributed by atoms with van der Waals surface area (Å²) in [7, 11) is 0. The zero-order valence-corrected chi connectivity index (χ0v) is 71.7. The molecule has 0 N–H and O–H groups in total. The van der Waals surface area contributed by atoms with E-state index >= 15 is 0 Å². The summed E-state index contributed by atoms with van der Waals surface area (Å²) in [5, 5.41) is 3.17. The number of rotatable bonds is 16. The Hall–Kier alpha value is -18.0. The van der Waals surface area contributed by atoms with Gasteiger partial charge in [0.05, 0.1) is 50.2 Å². The van der Waals surface area contributed by atoms with Crippen LogP contribution in [-0.2, 0) is 0 Å². The molecule has 25 rings (SSSR count). The summed E-state index contributed by atoms with van der Waals surface area (Å²) in [4.78, 5) is 37.6. The number of para-hydroxylation sites is 5. The number of hydrogen-bond donors (Lipinski definition) is 0. The van der Waals surface area contributed by atoms with Gasteiger partial charge in [-0.1, -0.05) is 315 Å². The number of pyridine rings is 6. The Morgan fingerprint density at radius 1 is 0.152 bits per heavy atom. The highest BCUT2D eigenvalue weighted by Crippen LogP contribution is 2.45. The minimum absolute atomic E-state index is 0.904. The molecule has 0 aliphatic rings. The molecule has 25 aromatic rings. The second-order valence-electron chi connectivity index (χ2n) is 32.6. The van der Waals surface area contributed by atoms with Crippen LogP contribution in [0.15, 0.2) is 498 Å². The minimum Gasteiger partial charge on any atom is -0.311 e. The lowest BCUT2D eigenvalue weighted by Crippen LogP contribution is -2.10. The Morgan fingerprint density at radius 2 is 0.364 bits per heavy atom. The van der Waals surface area contributed by atoms with E-state index in [-0.39, 0.29) is 0 Å². The van der Waals surface area contributed by atoms with Crippen LogP contribution in [-0.4, -0.2) is 43.1 Å². The zero-order valence-electron chi connectivity index (χ0n) is 71.7. The third-order valence-corrected chi connectivity index (χ3v) is 24.6. The summed E-state index contributed by atoms with van der Waals surface area (Å²) in [6.07, 6.45) is 6.21. The first kappa shape index (κ1) is 78.7. The van der Waals surface area contributed by atoms with E-state index < -0.39 is 0 Å². The van der Waals surface area contributed by atoms with Crippen molar-refractivity contribution in [3.05, 3.63) is 498 Å². The maximum Gasteiger partial charge on any atom is 0.137 e. The van der Waals surface area contributed by atoms with Gasteiger partial charge in [0.1, 0.15) is 33.5 Å². The van der Waals surface area contributed by atoms with Crippen molar-refractivity contribution >= 4 is 134 Å². The minimum atomic E-state index is 0.904. The third kappa shape index (κ3) is 15.1. The smallest absolute Gasteiger partial charge is 0.137 e. The lowest BCUT2D eigenvalue weighted by molar-refractivity contribution is 1.22. The van der Waals surface area contributed by atoms with Crippen molar-refractivity contribution < 1.29 is 0 Å². The van der Waals surface area contributed by atoms with Gasteiger partial charge in [-0.2, -0.15) is 0 Å². The van der Waals surface area contributed by atoms with Gasteiger partial charge in [-0.3, -0.25) is 13.2 Å². The van der Waals surface area contributed by atoms with Crippen LogP contribution in [0.4, 0.5) is 51.2 Å². The highest BCUT2D eigenvalue weighted by Gasteiger charge is 2.25. The fourth-order valence-electron chi connectivity index (χ4n) is 18.3. The fourth-order valence-corrected chi connectivity index (χ4v) is 18.3. The number of imidazole rings is 3. The molecule has 0 aliphatic carbocycles. The predicted molar refractivity (Wildman–Crippen MR) is 546 cm³/mol. The first-order valence-electron chi connectivity index (χ1n) is 44.4. The van der Waals surface area contributed by atoms with Crippen molar-refractivity contribution in [2.45, 2.75) is 0 Å². The van der Waals surface area contributed by atoms with Crippen LogP contribution in [0.1, 0.15) is 0 Å². The third-order valence-electron chi connectivity index (χ3n) is 24.6. The van der Waals surface area contributed by atoms with E-state index in [9.17, 15) is 0 Å². The summed E-state index contributed by atoms with van der Waals surface area (Å²) in [5.41, 5.74) is 36.6. The molecule has 0 bridgehead atoms. The molecule has 0 unspecified atom stereocenters. The van der Waals surface area contributed by atoms with Crippen molar-refractivity contribution in [1.82, 2.24) is 43.1 Å². The van der Waals surface area contributed by atoms with Gasteiger partial charge in [0.15, 0.2) is 0 Å². The maximum absolute atomic E-state index is 5.25. The molecule has 132 heavy (non-hydrogen) atoms. The average molecular weight is 1690 g/mol. The van der Waals surface area contributed by atoms with Crippen LogP contribution in [0, 0.1) is 0 Å². The topological polar surface area (TPSA) is 100 Å². The SMILES string of the molecule is c1ccc(-c2ccc(N(c3ccc(-c4ccccc4)cc3)c3ccc(-c4nc5ccccc5c5nc6ccccn6c45)cc3)cc2)cc1.c1ccc(-c2ccc(N(c3ccc(-c4ccccc4)cc3)c3cccc(-c4nc5ccccc5c5nc6ccccn6c45)c3)cc2)cc1.c1ccc(N(c2ccccc2)c2cccc(-c3nc4ccccc4c4nc5ccccn5c34)c2)cc1. The second-order valence-corrected chi connectivity index (χ2v) is 32.6. The van der Waals surface area contributed by atoms with E-state index in [2.05, 4.69) is 441 Å². The van der Waals surface area contributed by atoms with Gasteiger partial charge in [-0.25, -0.2) is 29.9 Å². The molecule has 0 amide bonds. The lowest BCUT2D eigenvalue weighted by atomic mass is 10.0. The van der Waals surface area contributed by atoms with Gasteiger partial charge in [-0.05, 0) is 208 Å². The number of nitrogens with zero attached hydrogens (tertiary/aromatic N) is 12. The van der Waals surface area contributed by atoms with Gasteiger partial charge in [0, 0.05) is 103 Å². The van der Waals surface area contributed by atoms with Crippen LogP contribution in [0.5, 0.6) is 0 Å². The van der Waals surface area contributed by atoms with E-state index in [1.807, 2.05) is 84.9 Å². The first-order chi connectivity index (χ1) is 65.5. The van der Waals surface area contributed by atoms with E-state index in [0.717, 1.165) is 168 Å². The molecule has 9 heterocycles. The molecule has 0 spiro atoms. The monoisotopic (exact) mass is 1690 g/mol. The fraction of sp³-hybridized carbons (Fsp3) is 0. The maximum atomic E-state index is 5.25. The molecule has 0 saturated heterocycles. The van der Waals surface area contributed by atoms with E-state index in [0.29, 0.717) is 0 Å². The molecule has 0 atom stereocenters. The molecule has 9 aromatic heterocycles. The number of benzene rings is 16. The van der Waals surface area contributed by atoms with Gasteiger partial charge in [-0.15, -0.1) is 0 Å². The molecular weight excluding hydrogens is 1610 g/mol. The summed E-state index contributed by atoms with van der Waals surface area (Å²) in [5.74, 6) is 0. The Labute approximate surface area is 762 Å². The number of aromatic nitrogens is 9. The summed E-state index contributed by atoms with van der Waals surface area (Å²) in [6.45, 7) is 0. The molecule has 0 aliphatic heterocycles. The lowest BCUT2D eigenvalue weighted by Gasteiger charge is -2.26. The standard InChI is InChI=1S/2C44H30N4.C32H22N4/c1-3-12-31(13-4-1)33-21-25-36(26-22-33)48(37-27-23-34(24-28-37)32-14-5-2-6-15-32)38-17-11-16-35(30-38)42-44-43(39-18-7-8-19-40(39)45-42)46-41-20-9-10-29-47(41)44;1-3-11-31(12-4-1)33-18-24-36(25-19-33)48(37-26-20-34(21-27-37)32-13-5-2-6-14-32)38-28-22-35(23-29-38)42-44-43(39-15-7-8-16-40(39)45-42)46-41-17-9-10-30-47(41)44;1-3-13-24(14-4-1)36(25-15-5-2-6-16-25)26-17-11-12-23(22-26)30-32-31(27-18-7-8-19-28(27)33-30)34-29-20-9-10-21-35(29)32/h2*1-30H;1-22H. The molecule has 0 fully saturated rings. The number of hydrogen-bond acceptors (Lipinski definition) is 9. The Kier molecular flexibility index (Phi) is 20.7. The van der Waals surface area contributed by atoms with E-state index in [1.165, 1.54) is 44.5 Å². The summed E-state index contributed by atoms with van der Waals surface area (Å²) in [6, 6.07) is 167. The van der Waals surface area contributed by atoms with E-state index in [1.54, 1.807) is 0 Å². The van der Waals surface area contributed by atoms with Gasteiger partial charge in [0.25, 0.3) is 0 Å². The van der Waals surface area contributed by atoms with E-state index in [4.69, 9.17) is 29.9 Å². The van der Waals surface area contributed by atoms with Gasteiger partial charge >= 0.3 is 0 Å². The van der Waals surface area contributed by atoms with Crippen LogP contribution in [0.3, 0.4) is 0 Å². The quantitative estimate of drug-likeness (QED) is 0.0936. The molecule has 622 valence electrons. The van der Waals surface area contributed by atoms with Crippen molar-refractivity contribution in [3.63, 3.8) is 0 Å². The van der Waals surface area contributed by atoms with Crippen LogP contribution in [0.2, 0.25) is 0 Å². The van der Waals surface area contributed by atoms with Gasteiger partial charge in [0.2, 0.25) is 0 Å². The number of fused-ring (bicyclic) bond motifs is 15. The Bertz CT molecular complexity index is 8270. The normalized spacial score (nSPS) is 11.3. The molecular formula is C120H82N12. The second kappa shape index (κ2) is 34.7. The average Bonchev–Trinajstić information content (AvgIpc) is 1.59. The van der Waals surface area contributed by atoms with Crippen molar-refractivity contribution in [2.75, 3.05) is 14.7 Å². The van der Waals surface area contributed by atoms with Crippen LogP contribution in [0.25, 0.3) is 161 Å².